The summed E-state index contributed by atoms with van der Waals surface area (Å²) in [6, 6.07) is 4.92. The Balaban J connectivity index is 2.17. The molecule has 1 aromatic rings. The summed E-state index contributed by atoms with van der Waals surface area (Å²) in [5, 5.41) is 3.06. The number of rotatable bonds is 10. The number of benzene rings is 1. The molecule has 2 rings (SSSR count). The summed E-state index contributed by atoms with van der Waals surface area (Å²) in [4.78, 5) is 15.4. The molecule has 1 unspecified atom stereocenters. The predicted octanol–water partition coefficient (Wildman–Crippen LogP) is 2.16. The van der Waals surface area contributed by atoms with Crippen LogP contribution in [0.15, 0.2) is 23.1 Å². The fraction of sp³-hybridized carbons (Fsp3) is 0.667. The van der Waals surface area contributed by atoms with Crippen LogP contribution in [0.1, 0.15) is 49.5 Å². The van der Waals surface area contributed by atoms with Crippen LogP contribution in [0.3, 0.4) is 0 Å². The van der Waals surface area contributed by atoms with Gasteiger partial charge in [-0.05, 0) is 30.5 Å². The van der Waals surface area contributed by atoms with Crippen molar-refractivity contribution in [2.24, 2.45) is 5.92 Å². The van der Waals surface area contributed by atoms with Gasteiger partial charge in [-0.3, -0.25) is 9.69 Å². The standard InChI is InChI=1S/C21H35N3O4S/c1-5-17(6-2)20(24-10-12-28-13-11-24)15-22-21(25)19-14-18(9-8-16(19)4)29(26,27)23-7-3/h8-9,14,17,20,23H,5-7,10-13,15H2,1-4H3,(H,22,25). The molecule has 164 valence electrons. The molecule has 1 fully saturated rings. The summed E-state index contributed by atoms with van der Waals surface area (Å²) in [6.07, 6.45) is 2.09. The molecule has 2 N–H and O–H groups in total. The summed E-state index contributed by atoms with van der Waals surface area (Å²) in [7, 11) is -3.60. The van der Waals surface area contributed by atoms with Crippen molar-refractivity contribution in [1.29, 1.82) is 0 Å². The highest BCUT2D eigenvalue weighted by Gasteiger charge is 2.27. The lowest BCUT2D eigenvalue weighted by Gasteiger charge is -2.38. The van der Waals surface area contributed by atoms with Gasteiger partial charge >= 0.3 is 0 Å². The fourth-order valence-corrected chi connectivity index (χ4v) is 4.98. The molecule has 1 aliphatic rings. The molecule has 1 aliphatic heterocycles. The topological polar surface area (TPSA) is 87.7 Å². The van der Waals surface area contributed by atoms with Crippen LogP contribution in [0.2, 0.25) is 0 Å². The van der Waals surface area contributed by atoms with Crippen molar-refractivity contribution in [2.75, 3.05) is 39.4 Å². The number of ether oxygens (including phenoxy) is 1. The van der Waals surface area contributed by atoms with E-state index in [9.17, 15) is 13.2 Å². The molecule has 1 heterocycles. The number of hydrogen-bond donors (Lipinski definition) is 2. The van der Waals surface area contributed by atoms with Gasteiger partial charge in [0.1, 0.15) is 0 Å². The van der Waals surface area contributed by atoms with Crippen LogP contribution >= 0.6 is 0 Å². The maximum atomic E-state index is 12.9. The highest BCUT2D eigenvalue weighted by atomic mass is 32.2. The molecule has 0 aliphatic carbocycles. The Morgan fingerprint density at radius 3 is 2.41 bits per heavy atom. The zero-order chi connectivity index (χ0) is 21.4. The highest BCUT2D eigenvalue weighted by molar-refractivity contribution is 7.89. The summed E-state index contributed by atoms with van der Waals surface area (Å²) in [5.74, 6) is 0.246. The lowest BCUT2D eigenvalue weighted by atomic mass is 9.92. The molecule has 1 aromatic carbocycles. The van der Waals surface area contributed by atoms with Crippen molar-refractivity contribution >= 4 is 15.9 Å². The second-order valence-electron chi connectivity index (χ2n) is 7.48. The predicted molar refractivity (Wildman–Crippen MR) is 115 cm³/mol. The Bertz CT molecular complexity index is 772. The smallest absolute Gasteiger partial charge is 0.251 e. The highest BCUT2D eigenvalue weighted by Crippen LogP contribution is 2.20. The van der Waals surface area contributed by atoms with E-state index in [-0.39, 0.29) is 16.8 Å². The van der Waals surface area contributed by atoms with Crippen LogP contribution in [-0.4, -0.2) is 64.7 Å². The van der Waals surface area contributed by atoms with Gasteiger partial charge in [0, 0.05) is 37.8 Å². The van der Waals surface area contributed by atoms with Gasteiger partial charge in [0.25, 0.3) is 5.91 Å². The minimum absolute atomic E-state index is 0.111. The number of nitrogens with zero attached hydrogens (tertiary/aromatic N) is 1. The van der Waals surface area contributed by atoms with Gasteiger partial charge in [-0.15, -0.1) is 0 Å². The molecule has 0 saturated carbocycles. The van der Waals surface area contributed by atoms with Gasteiger partial charge in [0.05, 0.1) is 18.1 Å². The van der Waals surface area contributed by atoms with Crippen molar-refractivity contribution in [3.05, 3.63) is 29.3 Å². The largest absolute Gasteiger partial charge is 0.379 e. The number of nitrogens with one attached hydrogen (secondary N) is 2. The van der Waals surface area contributed by atoms with Gasteiger partial charge in [-0.1, -0.05) is 39.7 Å². The quantitative estimate of drug-likeness (QED) is 0.600. The third-order valence-corrected chi connectivity index (χ3v) is 7.22. The normalized spacial score (nSPS) is 16.7. The van der Waals surface area contributed by atoms with E-state index < -0.39 is 10.0 Å². The summed E-state index contributed by atoms with van der Waals surface area (Å²) in [6.45, 7) is 11.9. The molecule has 0 bridgehead atoms. The van der Waals surface area contributed by atoms with Crippen molar-refractivity contribution in [3.8, 4) is 0 Å². The summed E-state index contributed by atoms with van der Waals surface area (Å²) in [5.41, 5.74) is 1.15. The first-order valence-corrected chi connectivity index (χ1v) is 12.0. The zero-order valence-electron chi connectivity index (χ0n) is 18.0. The van der Waals surface area contributed by atoms with Gasteiger partial charge < -0.3 is 10.1 Å². The molecule has 1 amide bonds. The Labute approximate surface area is 175 Å². The van der Waals surface area contributed by atoms with Crippen molar-refractivity contribution < 1.29 is 17.9 Å². The third kappa shape index (κ3) is 6.25. The van der Waals surface area contributed by atoms with Crippen LogP contribution in [0, 0.1) is 12.8 Å². The first-order chi connectivity index (χ1) is 13.8. The maximum absolute atomic E-state index is 12.9. The zero-order valence-corrected chi connectivity index (χ0v) is 18.8. The van der Waals surface area contributed by atoms with Crippen molar-refractivity contribution in [1.82, 2.24) is 14.9 Å². The van der Waals surface area contributed by atoms with Crippen LogP contribution in [0.4, 0.5) is 0 Å². The number of amides is 1. The van der Waals surface area contributed by atoms with Gasteiger partial charge in [-0.2, -0.15) is 0 Å². The van der Waals surface area contributed by atoms with Crippen LogP contribution < -0.4 is 10.0 Å². The lowest BCUT2D eigenvalue weighted by molar-refractivity contribution is 0.00191. The van der Waals surface area contributed by atoms with Crippen molar-refractivity contribution in [2.45, 2.75) is 51.5 Å². The Morgan fingerprint density at radius 1 is 1.17 bits per heavy atom. The lowest BCUT2D eigenvalue weighted by Crippen LogP contribution is -2.52. The van der Waals surface area contributed by atoms with E-state index in [0.29, 0.717) is 37.8 Å². The number of sulfonamides is 1. The molecule has 8 heteroatoms. The molecule has 0 radical (unpaired) electrons. The van der Waals surface area contributed by atoms with E-state index in [1.807, 2.05) is 6.92 Å². The van der Waals surface area contributed by atoms with Crippen LogP contribution in [-0.2, 0) is 14.8 Å². The van der Waals surface area contributed by atoms with E-state index in [1.165, 1.54) is 12.1 Å². The Morgan fingerprint density at radius 2 is 1.83 bits per heavy atom. The number of carbonyl (C=O) groups is 1. The van der Waals surface area contributed by atoms with Crippen LogP contribution in [0.5, 0.6) is 0 Å². The van der Waals surface area contributed by atoms with Gasteiger partial charge in [0.15, 0.2) is 0 Å². The second-order valence-corrected chi connectivity index (χ2v) is 9.25. The fourth-order valence-electron chi connectivity index (χ4n) is 3.91. The second kappa shape index (κ2) is 11.1. The average Bonchev–Trinajstić information content (AvgIpc) is 2.71. The molecule has 7 nitrogen and oxygen atoms in total. The van der Waals surface area contributed by atoms with E-state index in [4.69, 9.17) is 4.74 Å². The summed E-state index contributed by atoms with van der Waals surface area (Å²) >= 11 is 0. The maximum Gasteiger partial charge on any atom is 0.251 e. The molecule has 0 spiro atoms. The first-order valence-electron chi connectivity index (χ1n) is 10.5. The van der Waals surface area contributed by atoms with E-state index >= 15 is 0 Å². The minimum Gasteiger partial charge on any atom is -0.379 e. The van der Waals surface area contributed by atoms with Gasteiger partial charge in [-0.25, -0.2) is 13.1 Å². The molecule has 0 aromatic heterocycles. The Hall–Kier alpha value is -1.48. The van der Waals surface area contributed by atoms with E-state index in [2.05, 4.69) is 28.8 Å². The van der Waals surface area contributed by atoms with Crippen molar-refractivity contribution in [3.63, 3.8) is 0 Å². The number of aryl methyl sites for hydroxylation is 1. The minimum atomic E-state index is -3.60. The third-order valence-electron chi connectivity index (χ3n) is 5.68. The average molecular weight is 426 g/mol. The monoisotopic (exact) mass is 425 g/mol. The first kappa shape index (κ1) is 23.8. The Kier molecular flexibility index (Phi) is 9.07. The molecular weight excluding hydrogens is 390 g/mol. The molecular formula is C21H35N3O4S. The number of hydrogen-bond acceptors (Lipinski definition) is 5. The molecule has 29 heavy (non-hydrogen) atoms. The van der Waals surface area contributed by atoms with Gasteiger partial charge in [0.2, 0.25) is 10.0 Å². The van der Waals surface area contributed by atoms with E-state index in [1.54, 1.807) is 13.0 Å². The van der Waals surface area contributed by atoms with E-state index in [0.717, 1.165) is 31.5 Å². The molecule has 1 saturated heterocycles. The number of morpholine rings is 1. The molecule has 1 atom stereocenters. The van der Waals surface area contributed by atoms with Crippen LogP contribution in [0.25, 0.3) is 0 Å². The SMILES string of the molecule is CCNS(=O)(=O)c1ccc(C)c(C(=O)NCC(C(CC)CC)N2CCOCC2)c1. The summed E-state index contributed by atoms with van der Waals surface area (Å²) < 4.78 is 32.5. The number of carbonyl (C=O) groups excluding carboxylic acids is 1.